The first-order valence-electron chi connectivity index (χ1n) is 6.69. The van der Waals surface area contributed by atoms with Crippen LogP contribution in [0.25, 0.3) is 0 Å². The lowest BCUT2D eigenvalue weighted by Gasteiger charge is -2.38. The summed E-state index contributed by atoms with van der Waals surface area (Å²) < 4.78 is 0. The molecule has 1 fully saturated rings. The number of rotatable bonds is 3. The number of carbonyl (C=O) groups excluding carboxylic acids is 1. The molecule has 2 atom stereocenters. The van der Waals surface area contributed by atoms with Crippen molar-refractivity contribution in [1.29, 1.82) is 0 Å². The third-order valence-corrected chi connectivity index (χ3v) is 3.87. The molecule has 1 saturated heterocycles. The quantitative estimate of drug-likeness (QED) is 0.876. The molecule has 1 aromatic rings. The largest absolute Gasteiger partial charge is 0.481 e. The van der Waals surface area contributed by atoms with Crippen LogP contribution in [0.2, 0.25) is 0 Å². The highest BCUT2D eigenvalue weighted by molar-refractivity contribution is 5.83. The molecular weight excluding hydrogens is 258 g/mol. The van der Waals surface area contributed by atoms with Crippen molar-refractivity contribution in [1.82, 2.24) is 4.90 Å². The van der Waals surface area contributed by atoms with E-state index in [1.165, 1.54) is 4.90 Å². The average Bonchev–Trinajstić information content (AvgIpc) is 2.46. The van der Waals surface area contributed by atoms with E-state index in [1.807, 2.05) is 6.07 Å². The second-order valence-corrected chi connectivity index (χ2v) is 5.54. The first kappa shape index (κ1) is 14.5. The van der Waals surface area contributed by atoms with Crippen LogP contribution in [0.15, 0.2) is 30.3 Å². The number of likely N-dealkylation sites (tertiary alicyclic amines) is 1. The molecule has 1 aromatic carbocycles. The van der Waals surface area contributed by atoms with Gasteiger partial charge in [-0.05, 0) is 25.3 Å². The first-order chi connectivity index (χ1) is 9.44. The Labute approximate surface area is 117 Å². The molecule has 20 heavy (non-hydrogen) atoms. The lowest BCUT2D eigenvalue weighted by molar-refractivity contribution is -0.156. The van der Waals surface area contributed by atoms with Crippen LogP contribution in [-0.4, -0.2) is 40.1 Å². The van der Waals surface area contributed by atoms with Crippen molar-refractivity contribution < 1.29 is 19.8 Å². The molecule has 5 nitrogen and oxygen atoms in total. The number of aliphatic hydroxyl groups is 1. The molecule has 1 aliphatic rings. The molecule has 5 heteroatoms. The van der Waals surface area contributed by atoms with E-state index in [0.29, 0.717) is 24.9 Å². The number of aliphatic carboxylic acids is 1. The van der Waals surface area contributed by atoms with Gasteiger partial charge in [0.15, 0.2) is 6.10 Å². The fourth-order valence-electron chi connectivity index (χ4n) is 2.55. The number of hydrogen-bond donors (Lipinski definition) is 2. The normalized spacial score (nSPS) is 24.2. The van der Waals surface area contributed by atoms with Gasteiger partial charge in [0.25, 0.3) is 5.91 Å². The predicted molar refractivity (Wildman–Crippen MR) is 73.0 cm³/mol. The monoisotopic (exact) mass is 277 g/mol. The smallest absolute Gasteiger partial charge is 0.311 e. The minimum Gasteiger partial charge on any atom is -0.481 e. The molecule has 1 heterocycles. The lowest BCUT2D eigenvalue weighted by atomic mass is 9.82. The number of piperidine rings is 1. The van der Waals surface area contributed by atoms with E-state index < -0.39 is 23.4 Å². The Morgan fingerprint density at radius 3 is 2.55 bits per heavy atom. The molecule has 2 rings (SSSR count). The number of hydrogen-bond acceptors (Lipinski definition) is 3. The van der Waals surface area contributed by atoms with Crippen molar-refractivity contribution in [3.8, 4) is 0 Å². The molecule has 2 N–H and O–H groups in total. The Hall–Kier alpha value is -1.88. The Bertz CT molecular complexity index is 502. The predicted octanol–water partition coefficient (Wildman–Crippen LogP) is 1.43. The van der Waals surface area contributed by atoms with Gasteiger partial charge in [-0.3, -0.25) is 9.59 Å². The van der Waals surface area contributed by atoms with Crippen molar-refractivity contribution in [2.24, 2.45) is 5.41 Å². The average molecular weight is 277 g/mol. The number of carboxylic acids is 1. The zero-order chi connectivity index (χ0) is 14.8. The van der Waals surface area contributed by atoms with Gasteiger partial charge in [-0.2, -0.15) is 0 Å². The van der Waals surface area contributed by atoms with Gasteiger partial charge in [-0.15, -0.1) is 0 Å². The summed E-state index contributed by atoms with van der Waals surface area (Å²) in [6.07, 6.45) is -0.0452. The number of nitrogens with zero attached hydrogens (tertiary/aromatic N) is 1. The van der Waals surface area contributed by atoms with E-state index in [4.69, 9.17) is 0 Å². The topological polar surface area (TPSA) is 77.8 Å². The highest BCUT2D eigenvalue weighted by Gasteiger charge is 2.40. The second-order valence-electron chi connectivity index (χ2n) is 5.54. The SMILES string of the molecule is CC1(C(=O)O)CCCN(C(=O)C(O)c2ccccc2)C1. The molecule has 2 unspecified atom stereocenters. The molecule has 0 saturated carbocycles. The van der Waals surface area contributed by atoms with E-state index in [2.05, 4.69) is 0 Å². The Kier molecular flexibility index (Phi) is 4.09. The number of carbonyl (C=O) groups is 2. The van der Waals surface area contributed by atoms with Gasteiger partial charge < -0.3 is 15.1 Å². The summed E-state index contributed by atoms with van der Waals surface area (Å²) in [5.41, 5.74) is -0.398. The maximum absolute atomic E-state index is 12.3. The molecule has 1 aliphatic heterocycles. The summed E-state index contributed by atoms with van der Waals surface area (Å²) in [4.78, 5) is 25.0. The highest BCUT2D eigenvalue weighted by atomic mass is 16.4. The Morgan fingerprint density at radius 1 is 1.30 bits per heavy atom. The second kappa shape index (κ2) is 5.63. The van der Waals surface area contributed by atoms with Crippen LogP contribution < -0.4 is 0 Å². The van der Waals surface area contributed by atoms with Gasteiger partial charge >= 0.3 is 5.97 Å². The molecule has 0 radical (unpaired) electrons. The van der Waals surface area contributed by atoms with E-state index in [-0.39, 0.29) is 6.54 Å². The van der Waals surface area contributed by atoms with Gasteiger partial charge in [0.2, 0.25) is 0 Å². The maximum Gasteiger partial charge on any atom is 0.311 e. The summed E-state index contributed by atoms with van der Waals surface area (Å²) in [6.45, 7) is 2.28. The number of amides is 1. The summed E-state index contributed by atoms with van der Waals surface area (Å²) >= 11 is 0. The highest BCUT2D eigenvalue weighted by Crippen LogP contribution is 2.31. The van der Waals surface area contributed by atoms with Crippen LogP contribution in [-0.2, 0) is 9.59 Å². The van der Waals surface area contributed by atoms with Crippen LogP contribution in [0.4, 0.5) is 0 Å². The minimum atomic E-state index is -1.23. The molecular formula is C15H19NO4. The van der Waals surface area contributed by atoms with Crippen molar-refractivity contribution in [2.75, 3.05) is 13.1 Å². The lowest BCUT2D eigenvalue weighted by Crippen LogP contribution is -2.49. The van der Waals surface area contributed by atoms with Gasteiger partial charge in [0.05, 0.1) is 5.41 Å². The third kappa shape index (κ3) is 2.82. The van der Waals surface area contributed by atoms with E-state index in [1.54, 1.807) is 31.2 Å². The summed E-state index contributed by atoms with van der Waals surface area (Å²) in [7, 11) is 0. The Balaban J connectivity index is 2.11. The van der Waals surface area contributed by atoms with Crippen LogP contribution in [0.3, 0.4) is 0 Å². The summed E-state index contributed by atoms with van der Waals surface area (Å²) in [6, 6.07) is 8.68. The number of carboxylic acid groups (broad SMARTS) is 1. The first-order valence-corrected chi connectivity index (χ1v) is 6.69. The van der Waals surface area contributed by atoms with Crippen LogP contribution in [0.5, 0.6) is 0 Å². The maximum atomic E-state index is 12.3. The zero-order valence-electron chi connectivity index (χ0n) is 11.5. The molecule has 1 amide bonds. The fourth-order valence-corrected chi connectivity index (χ4v) is 2.55. The molecule has 0 aromatic heterocycles. The zero-order valence-corrected chi connectivity index (χ0v) is 11.5. The van der Waals surface area contributed by atoms with Crippen molar-refractivity contribution in [3.63, 3.8) is 0 Å². The van der Waals surface area contributed by atoms with Gasteiger partial charge in [0, 0.05) is 13.1 Å². The van der Waals surface area contributed by atoms with Crippen molar-refractivity contribution >= 4 is 11.9 Å². The van der Waals surface area contributed by atoms with Crippen LogP contribution in [0.1, 0.15) is 31.4 Å². The van der Waals surface area contributed by atoms with Crippen LogP contribution >= 0.6 is 0 Å². The fraction of sp³-hybridized carbons (Fsp3) is 0.467. The van der Waals surface area contributed by atoms with Gasteiger partial charge in [-0.25, -0.2) is 0 Å². The number of aliphatic hydroxyl groups excluding tert-OH is 1. The molecule has 0 aliphatic carbocycles. The Morgan fingerprint density at radius 2 is 1.95 bits per heavy atom. The van der Waals surface area contributed by atoms with Crippen molar-refractivity contribution in [2.45, 2.75) is 25.9 Å². The molecule has 0 spiro atoms. The van der Waals surface area contributed by atoms with E-state index in [9.17, 15) is 19.8 Å². The standard InChI is InChI=1S/C15H19NO4/c1-15(14(19)20)8-5-9-16(10-15)13(18)12(17)11-6-3-2-4-7-11/h2-4,6-7,12,17H,5,8-10H2,1H3,(H,19,20). The van der Waals surface area contributed by atoms with Gasteiger partial charge in [-0.1, -0.05) is 30.3 Å². The minimum absolute atomic E-state index is 0.144. The third-order valence-electron chi connectivity index (χ3n) is 3.87. The van der Waals surface area contributed by atoms with Crippen molar-refractivity contribution in [3.05, 3.63) is 35.9 Å². The molecule has 0 bridgehead atoms. The van der Waals surface area contributed by atoms with Crippen LogP contribution in [0, 0.1) is 5.41 Å². The van der Waals surface area contributed by atoms with E-state index >= 15 is 0 Å². The summed E-state index contributed by atoms with van der Waals surface area (Å²) in [5.74, 6) is -1.33. The number of benzene rings is 1. The summed E-state index contributed by atoms with van der Waals surface area (Å²) in [5, 5.41) is 19.4. The molecule has 108 valence electrons. The van der Waals surface area contributed by atoms with E-state index in [0.717, 1.165) is 0 Å². The van der Waals surface area contributed by atoms with Gasteiger partial charge in [0.1, 0.15) is 0 Å².